The molecule has 13 aromatic rings. The van der Waals surface area contributed by atoms with Gasteiger partial charge in [0.15, 0.2) is 0 Å². The van der Waals surface area contributed by atoms with Crippen molar-refractivity contribution in [1.82, 2.24) is 4.98 Å². The van der Waals surface area contributed by atoms with E-state index < -0.39 is 5.41 Å². The minimum absolute atomic E-state index is 0.0944. The molecule has 0 saturated heterocycles. The van der Waals surface area contributed by atoms with Gasteiger partial charge in [-0.15, -0.1) is 0 Å². The van der Waals surface area contributed by atoms with Crippen molar-refractivity contribution >= 4 is 66.8 Å². The van der Waals surface area contributed by atoms with Gasteiger partial charge in [0.1, 0.15) is 22.8 Å². The molecule has 0 spiro atoms. The number of para-hydroxylation sites is 1. The lowest BCUT2D eigenvalue weighted by atomic mass is 9.67. The third-order valence-corrected chi connectivity index (χ3v) is 17.1. The highest BCUT2D eigenvalue weighted by Gasteiger charge is 2.49. The molecular weight excluding hydrogens is 1030 g/mol. The predicted octanol–water partition coefficient (Wildman–Crippen LogP) is 21.6. The second-order valence-electron chi connectivity index (χ2n) is 24.2. The van der Waals surface area contributed by atoms with E-state index in [-0.39, 0.29) is 22.5 Å². The van der Waals surface area contributed by atoms with Crippen molar-refractivity contribution in [1.29, 1.82) is 0 Å². The molecular formula is C78H61F2N3O. The molecule has 0 bridgehead atoms. The Morgan fingerprint density at radius 1 is 0.417 bits per heavy atom. The molecule has 0 saturated carbocycles. The molecule has 0 N–H and O–H groups in total. The molecule has 2 aromatic heterocycles. The molecule has 6 heteroatoms. The van der Waals surface area contributed by atoms with Gasteiger partial charge in [-0.3, -0.25) is 4.98 Å². The summed E-state index contributed by atoms with van der Waals surface area (Å²) in [6.07, 6.45) is 3.77. The highest BCUT2D eigenvalue weighted by atomic mass is 19.1. The van der Waals surface area contributed by atoms with Crippen LogP contribution in [0.1, 0.15) is 74.9 Å². The van der Waals surface area contributed by atoms with E-state index in [2.05, 4.69) is 196 Å². The Morgan fingerprint density at radius 3 is 1.51 bits per heavy atom. The van der Waals surface area contributed by atoms with Crippen molar-refractivity contribution in [2.45, 2.75) is 57.8 Å². The van der Waals surface area contributed by atoms with Gasteiger partial charge in [-0.25, -0.2) is 8.78 Å². The van der Waals surface area contributed by atoms with Gasteiger partial charge in [0, 0.05) is 68.3 Å². The number of rotatable bonds is 10. The summed E-state index contributed by atoms with van der Waals surface area (Å²) >= 11 is 0. The molecule has 14 rings (SSSR count). The fourth-order valence-electron chi connectivity index (χ4n) is 12.8. The van der Waals surface area contributed by atoms with E-state index in [1.807, 2.05) is 109 Å². The van der Waals surface area contributed by atoms with Crippen LogP contribution in [0.5, 0.6) is 0 Å². The topological polar surface area (TPSA) is 32.5 Å². The highest BCUT2D eigenvalue weighted by molar-refractivity contribution is 6.19. The molecule has 408 valence electrons. The maximum atomic E-state index is 17.2. The molecule has 4 nitrogen and oxygen atoms in total. The van der Waals surface area contributed by atoms with Crippen molar-refractivity contribution < 1.29 is 13.2 Å². The molecule has 1 unspecified atom stereocenters. The minimum Gasteiger partial charge on any atom is -0.455 e. The van der Waals surface area contributed by atoms with E-state index in [1.165, 1.54) is 11.1 Å². The average molecular weight is 1090 g/mol. The maximum Gasteiger partial charge on any atom is 0.145 e. The van der Waals surface area contributed by atoms with Crippen LogP contribution in [0.15, 0.2) is 266 Å². The van der Waals surface area contributed by atoms with Gasteiger partial charge >= 0.3 is 0 Å². The molecule has 1 aliphatic rings. The quantitative estimate of drug-likeness (QED) is 0.137. The first-order chi connectivity index (χ1) is 40.7. The zero-order valence-corrected chi connectivity index (χ0v) is 47.8. The first-order valence-corrected chi connectivity index (χ1v) is 28.8. The standard InChI is InChI=1S/C78H61F2N3O/c1-76(2,3)54-28-32-58(33-29-54)82(61-36-39-63(69(79)46-61)51-18-10-7-11-19-51)60-38-41-65-67(45-60)78(56-22-14-9-15-23-56,57-27-26-50-42-43-81-49-53(50)44-57)68-48-71(74-66-24-16-17-25-72(66)84-75(74)73(65)68)83(59-34-30-55(31-35-59)77(4,5)6)62-37-40-64(70(80)47-62)52-20-12-8-13-21-52/h7-49H,1-6H3. The van der Waals surface area contributed by atoms with Crippen molar-refractivity contribution in [3.8, 4) is 33.4 Å². The number of furan rings is 1. The first kappa shape index (κ1) is 52.2. The number of nitrogens with zero attached hydrogens (tertiary/aromatic N) is 3. The second kappa shape index (κ2) is 20.2. The van der Waals surface area contributed by atoms with Gasteiger partial charge in [-0.1, -0.05) is 193 Å². The lowest BCUT2D eigenvalue weighted by molar-refractivity contribution is 0.590. The van der Waals surface area contributed by atoms with E-state index in [4.69, 9.17) is 4.42 Å². The molecule has 0 amide bonds. The smallest absolute Gasteiger partial charge is 0.145 e. The Bertz CT molecular complexity index is 4640. The van der Waals surface area contributed by atoms with Gasteiger partial charge in [0.25, 0.3) is 0 Å². The molecule has 0 fully saturated rings. The number of fused-ring (bicyclic) bond motifs is 8. The molecule has 84 heavy (non-hydrogen) atoms. The number of anilines is 6. The molecule has 0 aliphatic heterocycles. The van der Waals surface area contributed by atoms with Crippen LogP contribution >= 0.6 is 0 Å². The number of pyridine rings is 1. The van der Waals surface area contributed by atoms with Crippen LogP contribution in [-0.4, -0.2) is 4.98 Å². The van der Waals surface area contributed by atoms with Gasteiger partial charge < -0.3 is 14.2 Å². The zero-order valence-electron chi connectivity index (χ0n) is 47.8. The SMILES string of the molecule is CC(C)(C)c1ccc(N(c2ccc(-c3ccccc3)c(F)c2)c2ccc3c(c2)C(c2ccccc2)(c2ccc4ccncc4c2)c2cc(N(c4ccc(C(C)(C)C)cc4)c4ccc(-c5ccccc5)c(F)c4)c4c(oc5ccccc54)c2-3)cc1. The Kier molecular flexibility index (Phi) is 12.6. The molecule has 1 atom stereocenters. The number of halogens is 2. The van der Waals surface area contributed by atoms with Crippen LogP contribution in [-0.2, 0) is 16.2 Å². The third-order valence-electron chi connectivity index (χ3n) is 17.1. The predicted molar refractivity (Wildman–Crippen MR) is 344 cm³/mol. The third kappa shape index (κ3) is 8.75. The summed E-state index contributed by atoms with van der Waals surface area (Å²) < 4.78 is 41.5. The minimum atomic E-state index is -1.03. The summed E-state index contributed by atoms with van der Waals surface area (Å²) in [5.74, 6) is -0.654. The summed E-state index contributed by atoms with van der Waals surface area (Å²) in [4.78, 5) is 9.04. The van der Waals surface area contributed by atoms with Gasteiger partial charge in [-0.05, 0) is 163 Å². The van der Waals surface area contributed by atoms with Crippen molar-refractivity contribution in [3.05, 3.63) is 306 Å². The Hall–Kier alpha value is -9.91. The summed E-state index contributed by atoms with van der Waals surface area (Å²) in [5, 5.41) is 3.88. The number of benzene rings is 11. The molecule has 11 aromatic carbocycles. The maximum absolute atomic E-state index is 17.2. The monoisotopic (exact) mass is 1090 g/mol. The normalized spacial score (nSPS) is 14.0. The second-order valence-corrected chi connectivity index (χ2v) is 24.2. The van der Waals surface area contributed by atoms with Crippen molar-refractivity contribution in [2.75, 3.05) is 9.80 Å². The summed E-state index contributed by atoms with van der Waals surface area (Å²) in [7, 11) is 0. The summed E-state index contributed by atoms with van der Waals surface area (Å²) in [6.45, 7) is 13.3. The van der Waals surface area contributed by atoms with Gasteiger partial charge in [0.2, 0.25) is 0 Å². The Balaban J connectivity index is 1.09. The lowest BCUT2D eigenvalue weighted by Gasteiger charge is -2.36. The highest BCUT2D eigenvalue weighted by Crippen LogP contribution is 2.62. The molecule has 0 radical (unpaired) electrons. The summed E-state index contributed by atoms with van der Waals surface area (Å²) in [5.41, 5.74) is 16.0. The van der Waals surface area contributed by atoms with Gasteiger partial charge in [-0.2, -0.15) is 0 Å². The van der Waals surface area contributed by atoms with Crippen LogP contribution in [0.2, 0.25) is 0 Å². The van der Waals surface area contributed by atoms with Crippen LogP contribution in [0.25, 0.3) is 66.1 Å². The van der Waals surface area contributed by atoms with Crippen molar-refractivity contribution in [3.63, 3.8) is 0 Å². The first-order valence-electron chi connectivity index (χ1n) is 28.8. The van der Waals surface area contributed by atoms with E-state index in [0.29, 0.717) is 28.1 Å². The van der Waals surface area contributed by atoms with Crippen LogP contribution in [0.4, 0.5) is 42.9 Å². The van der Waals surface area contributed by atoms with Crippen LogP contribution in [0, 0.1) is 11.6 Å². The number of aromatic nitrogens is 1. The lowest BCUT2D eigenvalue weighted by Crippen LogP contribution is -2.29. The Labute approximate surface area is 489 Å². The van der Waals surface area contributed by atoms with E-state index in [9.17, 15) is 0 Å². The van der Waals surface area contributed by atoms with Gasteiger partial charge in [0.05, 0.1) is 16.5 Å². The fourth-order valence-corrected chi connectivity index (χ4v) is 12.8. The zero-order chi connectivity index (χ0) is 57.5. The molecule has 1 aliphatic carbocycles. The summed E-state index contributed by atoms with van der Waals surface area (Å²) in [6, 6.07) is 84.7. The van der Waals surface area contributed by atoms with E-state index in [0.717, 1.165) is 94.4 Å². The van der Waals surface area contributed by atoms with E-state index in [1.54, 1.807) is 12.1 Å². The number of hydrogen-bond acceptors (Lipinski definition) is 4. The van der Waals surface area contributed by atoms with Crippen LogP contribution in [0.3, 0.4) is 0 Å². The average Bonchev–Trinajstić information content (AvgIpc) is 1.65. The Morgan fingerprint density at radius 2 is 0.929 bits per heavy atom. The van der Waals surface area contributed by atoms with Crippen molar-refractivity contribution in [2.24, 2.45) is 0 Å². The fraction of sp³-hybridized carbons (Fsp3) is 0.115. The number of hydrogen-bond donors (Lipinski definition) is 0. The largest absolute Gasteiger partial charge is 0.455 e. The van der Waals surface area contributed by atoms with Crippen LogP contribution < -0.4 is 9.80 Å². The molecule has 2 heterocycles. The van der Waals surface area contributed by atoms with E-state index >= 15 is 8.78 Å².